The molecule has 2 heterocycles. The number of aromatic carboxylic acids is 1. The SMILES string of the molecule is CCC1COC(C)CN1c1nc(C)ccc1C(=O)O. The van der Waals surface area contributed by atoms with Crippen molar-refractivity contribution in [2.24, 2.45) is 0 Å². The van der Waals surface area contributed by atoms with Gasteiger partial charge in [0.15, 0.2) is 0 Å². The minimum Gasteiger partial charge on any atom is -0.478 e. The van der Waals surface area contributed by atoms with Gasteiger partial charge in [-0.25, -0.2) is 9.78 Å². The summed E-state index contributed by atoms with van der Waals surface area (Å²) in [7, 11) is 0. The van der Waals surface area contributed by atoms with Gasteiger partial charge in [0.1, 0.15) is 11.4 Å². The van der Waals surface area contributed by atoms with E-state index in [0.29, 0.717) is 19.0 Å². The number of carbonyl (C=O) groups is 1. The Morgan fingerprint density at radius 3 is 2.95 bits per heavy atom. The van der Waals surface area contributed by atoms with Crippen molar-refractivity contribution in [3.8, 4) is 0 Å². The maximum absolute atomic E-state index is 11.4. The zero-order valence-electron chi connectivity index (χ0n) is 11.6. The summed E-state index contributed by atoms with van der Waals surface area (Å²) in [6.07, 6.45) is 0.994. The summed E-state index contributed by atoms with van der Waals surface area (Å²) in [5.41, 5.74) is 1.09. The van der Waals surface area contributed by atoms with Gasteiger partial charge in [-0.15, -0.1) is 0 Å². The molecule has 0 amide bonds. The smallest absolute Gasteiger partial charge is 0.339 e. The highest BCUT2D eigenvalue weighted by atomic mass is 16.5. The molecule has 0 aliphatic carbocycles. The van der Waals surface area contributed by atoms with E-state index < -0.39 is 5.97 Å². The number of hydrogen-bond donors (Lipinski definition) is 1. The van der Waals surface area contributed by atoms with Crippen LogP contribution in [0.25, 0.3) is 0 Å². The van der Waals surface area contributed by atoms with Gasteiger partial charge in [0.25, 0.3) is 0 Å². The Morgan fingerprint density at radius 2 is 2.32 bits per heavy atom. The first-order valence-corrected chi connectivity index (χ1v) is 6.62. The highest BCUT2D eigenvalue weighted by molar-refractivity contribution is 5.93. The molecule has 2 atom stereocenters. The lowest BCUT2D eigenvalue weighted by molar-refractivity contribution is 0.0294. The molecule has 1 aliphatic heterocycles. The second-order valence-electron chi connectivity index (χ2n) is 4.99. The van der Waals surface area contributed by atoms with Gasteiger partial charge in [-0.2, -0.15) is 0 Å². The molecular weight excluding hydrogens is 244 g/mol. The quantitative estimate of drug-likeness (QED) is 0.905. The van der Waals surface area contributed by atoms with Crippen molar-refractivity contribution in [1.82, 2.24) is 4.98 Å². The van der Waals surface area contributed by atoms with E-state index in [1.54, 1.807) is 12.1 Å². The number of hydrogen-bond acceptors (Lipinski definition) is 4. The standard InChI is InChI=1S/C14H20N2O3/c1-4-11-8-19-10(3)7-16(11)13-12(14(17)18)6-5-9(2)15-13/h5-6,10-11H,4,7-8H2,1-3H3,(H,17,18). The van der Waals surface area contributed by atoms with Gasteiger partial charge in [0.2, 0.25) is 0 Å². The first kappa shape index (κ1) is 13.8. The molecule has 19 heavy (non-hydrogen) atoms. The van der Waals surface area contributed by atoms with Crippen LogP contribution in [0.3, 0.4) is 0 Å². The molecule has 1 saturated heterocycles. The Hall–Kier alpha value is -1.62. The summed E-state index contributed by atoms with van der Waals surface area (Å²) >= 11 is 0. The van der Waals surface area contributed by atoms with Gasteiger partial charge in [-0.1, -0.05) is 6.92 Å². The largest absolute Gasteiger partial charge is 0.478 e. The van der Waals surface area contributed by atoms with Gasteiger partial charge >= 0.3 is 5.97 Å². The Bertz CT molecular complexity index is 476. The zero-order valence-corrected chi connectivity index (χ0v) is 11.6. The average Bonchev–Trinajstić information content (AvgIpc) is 2.38. The molecule has 1 aromatic heterocycles. The van der Waals surface area contributed by atoms with Crippen molar-refractivity contribution < 1.29 is 14.6 Å². The fourth-order valence-electron chi connectivity index (χ4n) is 2.37. The van der Waals surface area contributed by atoms with Gasteiger partial charge in [0.05, 0.1) is 18.8 Å². The Labute approximate surface area is 113 Å². The van der Waals surface area contributed by atoms with Crippen molar-refractivity contribution in [1.29, 1.82) is 0 Å². The minimum atomic E-state index is -0.934. The predicted molar refractivity (Wildman–Crippen MR) is 72.8 cm³/mol. The molecule has 0 spiro atoms. The molecule has 104 valence electrons. The zero-order chi connectivity index (χ0) is 14.0. The minimum absolute atomic E-state index is 0.0896. The first-order chi connectivity index (χ1) is 9.02. The van der Waals surface area contributed by atoms with Crippen molar-refractivity contribution in [3.63, 3.8) is 0 Å². The second kappa shape index (κ2) is 5.57. The molecule has 0 radical (unpaired) electrons. The van der Waals surface area contributed by atoms with E-state index >= 15 is 0 Å². The van der Waals surface area contributed by atoms with Gasteiger partial charge in [-0.3, -0.25) is 0 Å². The fraction of sp³-hybridized carbons (Fsp3) is 0.571. The van der Waals surface area contributed by atoms with E-state index in [2.05, 4.69) is 16.8 Å². The van der Waals surface area contributed by atoms with E-state index in [4.69, 9.17) is 4.74 Å². The van der Waals surface area contributed by atoms with Crippen molar-refractivity contribution in [3.05, 3.63) is 23.4 Å². The molecule has 2 rings (SSSR count). The number of carboxylic acid groups (broad SMARTS) is 1. The van der Waals surface area contributed by atoms with E-state index in [1.807, 2.05) is 13.8 Å². The van der Waals surface area contributed by atoms with Crippen LogP contribution >= 0.6 is 0 Å². The molecule has 5 heteroatoms. The van der Waals surface area contributed by atoms with Gasteiger partial charge < -0.3 is 14.7 Å². The molecule has 0 saturated carbocycles. The lowest BCUT2D eigenvalue weighted by Gasteiger charge is -2.39. The molecule has 2 unspecified atom stereocenters. The number of ether oxygens (including phenoxy) is 1. The Balaban J connectivity index is 2.42. The van der Waals surface area contributed by atoms with Crippen LogP contribution in [0.15, 0.2) is 12.1 Å². The third-order valence-corrected chi connectivity index (χ3v) is 3.46. The molecule has 1 aliphatic rings. The third kappa shape index (κ3) is 2.87. The molecule has 1 N–H and O–H groups in total. The maximum atomic E-state index is 11.4. The van der Waals surface area contributed by atoms with E-state index in [9.17, 15) is 9.90 Å². The van der Waals surface area contributed by atoms with E-state index in [0.717, 1.165) is 12.1 Å². The summed E-state index contributed by atoms with van der Waals surface area (Å²) in [5.74, 6) is -0.369. The summed E-state index contributed by atoms with van der Waals surface area (Å²) in [6, 6.07) is 3.55. The Kier molecular flexibility index (Phi) is 4.04. The number of aryl methyl sites for hydroxylation is 1. The van der Waals surface area contributed by atoms with Crippen LogP contribution < -0.4 is 4.90 Å². The number of rotatable bonds is 3. The van der Waals surface area contributed by atoms with Crippen LogP contribution in [-0.2, 0) is 4.74 Å². The van der Waals surface area contributed by atoms with Gasteiger partial charge in [-0.05, 0) is 32.4 Å². The summed E-state index contributed by atoms with van der Waals surface area (Å²) in [6.45, 7) is 7.24. The number of aromatic nitrogens is 1. The van der Waals surface area contributed by atoms with Crippen LogP contribution in [0.4, 0.5) is 5.82 Å². The summed E-state index contributed by atoms with van der Waals surface area (Å²) in [4.78, 5) is 17.9. The van der Waals surface area contributed by atoms with E-state index in [1.165, 1.54) is 0 Å². The van der Waals surface area contributed by atoms with Gasteiger partial charge in [0, 0.05) is 12.2 Å². The number of carboxylic acids is 1. The number of morpholine rings is 1. The molecule has 1 aromatic rings. The first-order valence-electron chi connectivity index (χ1n) is 6.62. The van der Waals surface area contributed by atoms with Crippen molar-refractivity contribution >= 4 is 11.8 Å². The highest BCUT2D eigenvalue weighted by Crippen LogP contribution is 2.25. The third-order valence-electron chi connectivity index (χ3n) is 3.46. The summed E-state index contributed by atoms with van der Waals surface area (Å²) in [5, 5.41) is 9.31. The second-order valence-corrected chi connectivity index (χ2v) is 4.99. The van der Waals surface area contributed by atoms with Crippen LogP contribution in [0.2, 0.25) is 0 Å². The normalized spacial score (nSPS) is 23.4. The van der Waals surface area contributed by atoms with Crippen LogP contribution in [0.1, 0.15) is 36.3 Å². The van der Waals surface area contributed by atoms with Crippen LogP contribution in [-0.4, -0.2) is 41.4 Å². The number of nitrogens with zero attached hydrogens (tertiary/aromatic N) is 2. The monoisotopic (exact) mass is 264 g/mol. The fourth-order valence-corrected chi connectivity index (χ4v) is 2.37. The summed E-state index contributed by atoms with van der Waals surface area (Å²) < 4.78 is 5.65. The number of pyridine rings is 1. The molecule has 1 fully saturated rings. The average molecular weight is 264 g/mol. The lowest BCUT2D eigenvalue weighted by Crippen LogP contribution is -2.49. The molecule has 0 aromatic carbocycles. The maximum Gasteiger partial charge on any atom is 0.339 e. The predicted octanol–water partition coefficient (Wildman–Crippen LogP) is 2.09. The van der Waals surface area contributed by atoms with E-state index in [-0.39, 0.29) is 17.7 Å². The highest BCUT2D eigenvalue weighted by Gasteiger charge is 2.29. The molecule has 0 bridgehead atoms. The van der Waals surface area contributed by atoms with Crippen LogP contribution in [0.5, 0.6) is 0 Å². The topological polar surface area (TPSA) is 62.7 Å². The van der Waals surface area contributed by atoms with Crippen molar-refractivity contribution in [2.45, 2.75) is 39.3 Å². The molecule has 5 nitrogen and oxygen atoms in total. The molecular formula is C14H20N2O3. The van der Waals surface area contributed by atoms with Crippen LogP contribution in [0, 0.1) is 6.92 Å². The Morgan fingerprint density at radius 1 is 1.58 bits per heavy atom. The van der Waals surface area contributed by atoms with Crippen molar-refractivity contribution in [2.75, 3.05) is 18.1 Å². The number of anilines is 1. The lowest BCUT2D eigenvalue weighted by atomic mass is 10.1.